The van der Waals surface area contributed by atoms with Crippen molar-refractivity contribution in [1.82, 2.24) is 0 Å². The van der Waals surface area contributed by atoms with Crippen LogP contribution in [0.2, 0.25) is 0 Å². The van der Waals surface area contributed by atoms with Gasteiger partial charge in [-0.3, -0.25) is 0 Å². The molecule has 1 nitrogen and oxygen atoms in total. The molecule has 0 saturated heterocycles. The summed E-state index contributed by atoms with van der Waals surface area (Å²) in [6.45, 7) is 0. The van der Waals surface area contributed by atoms with Crippen molar-refractivity contribution in [1.29, 1.82) is 0 Å². The Kier molecular flexibility index (Phi) is 6.15. The van der Waals surface area contributed by atoms with Gasteiger partial charge in [-0.25, -0.2) is 0 Å². The predicted molar refractivity (Wildman–Crippen MR) is 231 cm³/mol. The summed E-state index contributed by atoms with van der Waals surface area (Å²) >= 11 is 3.81. The van der Waals surface area contributed by atoms with E-state index in [2.05, 4.69) is 164 Å². The average Bonchev–Trinajstić information content (AvgIpc) is 3.92. The van der Waals surface area contributed by atoms with Crippen LogP contribution in [0.3, 0.4) is 0 Å². The van der Waals surface area contributed by atoms with Crippen molar-refractivity contribution in [2.45, 2.75) is 0 Å². The predicted octanol–water partition coefficient (Wildman–Crippen LogP) is 15.6. The number of para-hydroxylation sites is 1. The number of fused-ring (bicyclic) bond motifs is 11. The molecule has 0 aliphatic heterocycles. The number of benzene rings is 9. The zero-order valence-electron chi connectivity index (χ0n) is 28.4. The highest BCUT2D eigenvalue weighted by Crippen LogP contribution is 2.50. The van der Waals surface area contributed by atoms with Crippen LogP contribution in [-0.2, 0) is 0 Å². The smallest absolute Gasteiger partial charge is 0.136 e. The van der Waals surface area contributed by atoms with Crippen molar-refractivity contribution >= 4 is 107 Å². The zero-order valence-corrected chi connectivity index (χ0v) is 30.0. The van der Waals surface area contributed by atoms with E-state index in [9.17, 15) is 0 Å². The van der Waals surface area contributed by atoms with Crippen LogP contribution in [0.4, 0.5) is 0 Å². The van der Waals surface area contributed by atoms with E-state index < -0.39 is 0 Å². The Morgan fingerprint density at radius 1 is 0.358 bits per heavy atom. The van der Waals surface area contributed by atoms with Gasteiger partial charge in [0.2, 0.25) is 0 Å². The van der Waals surface area contributed by atoms with Gasteiger partial charge in [0, 0.05) is 45.9 Å². The molecule has 0 fully saturated rings. The highest BCUT2D eigenvalue weighted by atomic mass is 32.1. The molecule has 0 aliphatic rings. The molecule has 9 aromatic carbocycles. The van der Waals surface area contributed by atoms with Gasteiger partial charge in [0.05, 0.1) is 0 Å². The number of rotatable bonds is 3. The largest absolute Gasteiger partial charge is 0.456 e. The van der Waals surface area contributed by atoms with E-state index in [0.717, 1.165) is 21.9 Å². The van der Waals surface area contributed by atoms with E-state index in [1.807, 2.05) is 28.7 Å². The maximum Gasteiger partial charge on any atom is 0.136 e. The molecule has 12 rings (SSSR count). The minimum atomic E-state index is 0.927. The van der Waals surface area contributed by atoms with E-state index in [1.54, 1.807) is 0 Å². The van der Waals surface area contributed by atoms with Gasteiger partial charge >= 0.3 is 0 Å². The number of thiophene rings is 2. The van der Waals surface area contributed by atoms with Crippen LogP contribution in [0.5, 0.6) is 0 Å². The number of hydrogen-bond donors (Lipinski definition) is 0. The van der Waals surface area contributed by atoms with Gasteiger partial charge in [-0.2, -0.15) is 0 Å². The lowest BCUT2D eigenvalue weighted by Gasteiger charge is -2.18. The van der Waals surface area contributed by atoms with E-state index in [1.165, 1.54) is 95.3 Å². The molecule has 12 aromatic rings. The van der Waals surface area contributed by atoms with Gasteiger partial charge in [-0.05, 0) is 103 Å². The minimum absolute atomic E-state index is 0.927. The van der Waals surface area contributed by atoms with Gasteiger partial charge in [0.15, 0.2) is 0 Å². The molecule has 3 heteroatoms. The molecule has 0 aliphatic carbocycles. The summed E-state index contributed by atoms with van der Waals surface area (Å²) in [5.41, 5.74) is 8.21. The Morgan fingerprint density at radius 2 is 1.08 bits per heavy atom. The standard InChI is InChI=1S/C50H28OS2/c1-2-11-29(12-3-1)46-28-41-44(52-46)24-23-39-49-38(18-10-20-45(49)53-50(39)41)48-36-16-6-4-14-34(36)47(35-15-5-7-17-37(35)48)31-22-21-30-27-43-40(26-32(30)25-31)33-13-8-9-19-42(33)51-43/h1-28H. The molecule has 0 bridgehead atoms. The van der Waals surface area contributed by atoms with E-state index in [-0.39, 0.29) is 0 Å². The first-order chi connectivity index (χ1) is 26.3. The Labute approximate surface area is 312 Å². The fourth-order valence-electron chi connectivity index (χ4n) is 8.70. The molecule has 0 radical (unpaired) electrons. The Hall–Kier alpha value is -6.26. The maximum atomic E-state index is 6.24. The molecule has 0 amide bonds. The van der Waals surface area contributed by atoms with E-state index in [4.69, 9.17) is 4.42 Å². The quantitative estimate of drug-likeness (QED) is 0.167. The zero-order chi connectivity index (χ0) is 34.6. The fourth-order valence-corrected chi connectivity index (χ4v) is 11.1. The second kappa shape index (κ2) is 11.1. The molecular weight excluding hydrogens is 681 g/mol. The minimum Gasteiger partial charge on any atom is -0.456 e. The van der Waals surface area contributed by atoms with Gasteiger partial charge < -0.3 is 4.42 Å². The Balaban J connectivity index is 1.12. The Bertz CT molecular complexity index is 3390. The SMILES string of the molecule is c1ccc(-c2cc3c(ccc4c3sc3cccc(-c5c6ccccc6c(-c6ccc7cc8oc9ccccc9c8cc7c6)c6ccccc56)c34)s2)cc1. The summed E-state index contributed by atoms with van der Waals surface area (Å²) in [7, 11) is 0. The molecule has 0 spiro atoms. The van der Waals surface area contributed by atoms with Crippen molar-refractivity contribution in [2.75, 3.05) is 0 Å². The van der Waals surface area contributed by atoms with E-state index in [0.29, 0.717) is 0 Å². The summed E-state index contributed by atoms with van der Waals surface area (Å²) in [4.78, 5) is 1.31. The summed E-state index contributed by atoms with van der Waals surface area (Å²) in [6, 6.07) is 62.5. The third kappa shape index (κ3) is 4.29. The molecule has 53 heavy (non-hydrogen) atoms. The van der Waals surface area contributed by atoms with Crippen LogP contribution >= 0.6 is 22.7 Å². The summed E-state index contributed by atoms with van der Waals surface area (Å²) in [6.07, 6.45) is 0. The van der Waals surface area contributed by atoms with Crippen molar-refractivity contribution in [3.05, 3.63) is 170 Å². The molecule has 0 saturated carbocycles. The first-order valence-electron chi connectivity index (χ1n) is 18.0. The van der Waals surface area contributed by atoms with Crippen LogP contribution < -0.4 is 0 Å². The van der Waals surface area contributed by atoms with Crippen molar-refractivity contribution < 1.29 is 4.42 Å². The van der Waals surface area contributed by atoms with Gasteiger partial charge in [0.1, 0.15) is 11.2 Å². The average molecular weight is 709 g/mol. The molecular formula is C50H28OS2. The summed E-state index contributed by atoms with van der Waals surface area (Å²) in [5.74, 6) is 0. The monoisotopic (exact) mass is 708 g/mol. The van der Waals surface area contributed by atoms with Crippen molar-refractivity contribution in [3.8, 4) is 32.7 Å². The van der Waals surface area contributed by atoms with Gasteiger partial charge in [0.25, 0.3) is 0 Å². The van der Waals surface area contributed by atoms with E-state index >= 15 is 0 Å². The molecule has 0 N–H and O–H groups in total. The van der Waals surface area contributed by atoms with Crippen LogP contribution in [0.1, 0.15) is 0 Å². The maximum absolute atomic E-state index is 6.24. The lowest BCUT2D eigenvalue weighted by Crippen LogP contribution is -1.91. The molecule has 246 valence electrons. The molecule has 0 unspecified atom stereocenters. The fraction of sp³-hybridized carbons (Fsp3) is 0. The van der Waals surface area contributed by atoms with Crippen molar-refractivity contribution in [2.24, 2.45) is 0 Å². The first kappa shape index (κ1) is 29.3. The summed E-state index contributed by atoms with van der Waals surface area (Å²) < 4.78 is 10.3. The van der Waals surface area contributed by atoms with Gasteiger partial charge in [-0.1, -0.05) is 127 Å². The molecule has 0 atom stereocenters. The van der Waals surface area contributed by atoms with Crippen LogP contribution in [0, 0.1) is 0 Å². The Morgan fingerprint density at radius 3 is 1.87 bits per heavy atom. The first-order valence-corrected chi connectivity index (χ1v) is 19.6. The summed E-state index contributed by atoms with van der Waals surface area (Å²) in [5, 5.41) is 13.8. The number of furan rings is 1. The third-order valence-electron chi connectivity index (χ3n) is 11.0. The molecule has 3 aromatic heterocycles. The van der Waals surface area contributed by atoms with Crippen LogP contribution in [0.15, 0.2) is 174 Å². The highest BCUT2D eigenvalue weighted by Gasteiger charge is 2.21. The van der Waals surface area contributed by atoms with Crippen LogP contribution in [-0.4, -0.2) is 0 Å². The van der Waals surface area contributed by atoms with Crippen LogP contribution in [0.25, 0.3) is 117 Å². The normalized spacial score (nSPS) is 12.2. The third-order valence-corrected chi connectivity index (χ3v) is 13.4. The number of hydrogen-bond acceptors (Lipinski definition) is 3. The molecule has 3 heterocycles. The second-order valence-corrected chi connectivity index (χ2v) is 16.1. The van der Waals surface area contributed by atoms with Gasteiger partial charge in [-0.15, -0.1) is 22.7 Å². The lowest BCUT2D eigenvalue weighted by atomic mass is 9.84. The second-order valence-electron chi connectivity index (χ2n) is 14.0. The highest BCUT2D eigenvalue weighted by molar-refractivity contribution is 7.28. The topological polar surface area (TPSA) is 13.1 Å². The lowest BCUT2D eigenvalue weighted by molar-refractivity contribution is 0.669. The van der Waals surface area contributed by atoms with Crippen molar-refractivity contribution in [3.63, 3.8) is 0 Å².